The number of allylic oxidation sites excluding steroid dienone is 1. The summed E-state index contributed by atoms with van der Waals surface area (Å²) in [6, 6.07) is 35.1. The minimum absolute atomic E-state index is 0.0896. The van der Waals surface area contributed by atoms with Crippen LogP contribution in [0.5, 0.6) is 0 Å². The van der Waals surface area contributed by atoms with Gasteiger partial charge in [-0.1, -0.05) is 125 Å². The van der Waals surface area contributed by atoms with Crippen LogP contribution in [0, 0.1) is 41.5 Å². The summed E-state index contributed by atoms with van der Waals surface area (Å²) in [4.78, 5) is 5.12. The van der Waals surface area contributed by atoms with Gasteiger partial charge in [0.2, 0.25) is 0 Å². The zero-order chi connectivity index (χ0) is 33.7. The van der Waals surface area contributed by atoms with Crippen molar-refractivity contribution in [2.24, 2.45) is 0 Å². The minimum atomic E-state index is -1.07. The zero-order valence-electron chi connectivity index (χ0n) is 28.5. The predicted molar refractivity (Wildman–Crippen MR) is 211 cm³/mol. The number of anilines is 2. The zero-order valence-corrected chi connectivity index (χ0v) is 30.9. The molecule has 7 rings (SSSR count). The second-order valence-corrected chi connectivity index (χ2v) is 16.1. The third-order valence-electron chi connectivity index (χ3n) is 9.66. The van der Waals surface area contributed by atoms with Gasteiger partial charge in [-0.3, -0.25) is 0 Å². The average Bonchev–Trinajstić information content (AvgIpc) is 3.62. The first kappa shape index (κ1) is 32.7. The molecule has 5 heteroatoms. The first-order valence-electron chi connectivity index (χ1n) is 16.6. The summed E-state index contributed by atoms with van der Waals surface area (Å²) in [7, 11) is -1.07. The van der Waals surface area contributed by atoms with E-state index < -0.39 is 7.92 Å². The Hall–Kier alpha value is -3.81. The molecule has 1 saturated heterocycles. The summed E-state index contributed by atoms with van der Waals surface area (Å²) in [6.07, 6.45) is 2.38. The van der Waals surface area contributed by atoms with Crippen molar-refractivity contribution in [1.29, 1.82) is 0 Å². The molecule has 2 atom stereocenters. The molecule has 0 bridgehead atoms. The number of hydrogen-bond acceptors (Lipinski definition) is 2. The fourth-order valence-electron chi connectivity index (χ4n) is 7.94. The lowest BCUT2D eigenvalue weighted by Crippen LogP contribution is -2.25. The average molecular weight is 688 g/mol. The number of hydrogen-bond donors (Lipinski definition) is 0. The van der Waals surface area contributed by atoms with Gasteiger partial charge in [0.15, 0.2) is 0 Å². The van der Waals surface area contributed by atoms with E-state index in [1.54, 1.807) is 0 Å². The van der Waals surface area contributed by atoms with E-state index in [4.69, 9.17) is 23.2 Å². The number of benzene rings is 5. The molecule has 0 saturated carbocycles. The molecule has 1 heterocycles. The Morgan fingerprint density at radius 2 is 1.19 bits per heavy atom. The van der Waals surface area contributed by atoms with Crippen molar-refractivity contribution in [3.8, 4) is 0 Å². The molecular weight excluding hydrogens is 646 g/mol. The molecule has 0 radical (unpaired) electrons. The lowest BCUT2D eigenvalue weighted by Gasteiger charge is -2.33. The number of nitrogens with zero attached hydrogens (tertiary/aromatic N) is 2. The maximum Gasteiger partial charge on any atom is 0.114 e. The fraction of sp³-hybridized carbons (Fsp3) is 0.209. The highest BCUT2D eigenvalue weighted by molar-refractivity contribution is 7.69. The molecule has 2 nitrogen and oxygen atoms in total. The Morgan fingerprint density at radius 1 is 0.646 bits per heavy atom. The van der Waals surface area contributed by atoms with Gasteiger partial charge in [0, 0.05) is 35.4 Å². The van der Waals surface area contributed by atoms with Crippen LogP contribution in [0.4, 0.5) is 11.4 Å². The van der Waals surface area contributed by atoms with Crippen molar-refractivity contribution in [1.82, 2.24) is 0 Å². The number of rotatable bonds is 6. The summed E-state index contributed by atoms with van der Waals surface area (Å²) in [5, 5.41) is 2.32. The molecule has 1 aliphatic carbocycles. The van der Waals surface area contributed by atoms with Crippen LogP contribution >= 0.6 is 31.1 Å². The van der Waals surface area contributed by atoms with E-state index in [0.29, 0.717) is 10.0 Å². The van der Waals surface area contributed by atoms with E-state index >= 15 is 0 Å². The molecule has 242 valence electrons. The number of halogens is 2. The van der Waals surface area contributed by atoms with Crippen LogP contribution in [0.1, 0.15) is 55.7 Å². The second kappa shape index (κ2) is 13.2. The van der Waals surface area contributed by atoms with Crippen molar-refractivity contribution >= 4 is 59.5 Å². The van der Waals surface area contributed by atoms with Crippen LogP contribution in [0.3, 0.4) is 0 Å². The van der Waals surface area contributed by atoms with Gasteiger partial charge in [-0.25, -0.2) is 0 Å². The van der Waals surface area contributed by atoms with E-state index in [2.05, 4.69) is 154 Å². The molecule has 1 fully saturated rings. The van der Waals surface area contributed by atoms with Gasteiger partial charge in [0.25, 0.3) is 0 Å². The Kier molecular flexibility index (Phi) is 9.03. The summed E-state index contributed by atoms with van der Waals surface area (Å²) < 4.78 is 0. The quantitative estimate of drug-likeness (QED) is 0.164. The molecule has 1 aliphatic heterocycles. The first-order valence-corrected chi connectivity index (χ1v) is 18.9. The Balaban J connectivity index is 1.52. The molecule has 2 aliphatic rings. The van der Waals surface area contributed by atoms with Gasteiger partial charge in [-0.05, 0) is 112 Å². The molecule has 5 aromatic rings. The van der Waals surface area contributed by atoms with Crippen molar-refractivity contribution in [2.45, 2.75) is 47.2 Å². The lowest BCUT2D eigenvalue weighted by molar-refractivity contribution is 1.01. The third-order valence-corrected chi connectivity index (χ3v) is 13.2. The number of fused-ring (bicyclic) bond motifs is 1. The molecule has 2 unspecified atom stereocenters. The second-order valence-electron chi connectivity index (χ2n) is 13.3. The van der Waals surface area contributed by atoms with Gasteiger partial charge in [0.1, 0.15) is 5.82 Å². The highest BCUT2D eigenvalue weighted by Crippen LogP contribution is 2.63. The van der Waals surface area contributed by atoms with Gasteiger partial charge >= 0.3 is 0 Å². The lowest BCUT2D eigenvalue weighted by atomic mass is 10.0. The van der Waals surface area contributed by atoms with Crippen LogP contribution in [0.15, 0.2) is 109 Å². The molecule has 0 aromatic heterocycles. The van der Waals surface area contributed by atoms with E-state index in [1.807, 2.05) is 6.07 Å². The number of aryl methyl sites for hydroxylation is 6. The highest BCUT2D eigenvalue weighted by Gasteiger charge is 2.38. The molecular formula is C43H41Cl2N2P. The summed E-state index contributed by atoms with van der Waals surface area (Å²) >= 11 is 14.0. The van der Waals surface area contributed by atoms with E-state index in [0.717, 1.165) is 18.4 Å². The van der Waals surface area contributed by atoms with Gasteiger partial charge in [-0.15, -0.1) is 0 Å². The topological polar surface area (TPSA) is 6.48 Å². The summed E-state index contributed by atoms with van der Waals surface area (Å²) in [5.41, 5.74) is 15.5. The maximum atomic E-state index is 7.22. The molecule has 0 amide bonds. The van der Waals surface area contributed by atoms with Crippen molar-refractivity contribution < 1.29 is 0 Å². The Bertz CT molecular complexity index is 1980. The highest BCUT2D eigenvalue weighted by atomic mass is 35.5. The molecule has 5 aromatic carbocycles. The predicted octanol–water partition coefficient (Wildman–Crippen LogP) is 12.1. The third kappa shape index (κ3) is 5.90. The van der Waals surface area contributed by atoms with Crippen molar-refractivity contribution in [3.63, 3.8) is 0 Å². The summed E-state index contributed by atoms with van der Waals surface area (Å²) in [5.74, 6) is 3.76. The van der Waals surface area contributed by atoms with Crippen LogP contribution < -0.4 is 15.1 Å². The fourth-order valence-corrected chi connectivity index (χ4v) is 11.4. The molecule has 0 spiro atoms. The van der Waals surface area contributed by atoms with Crippen LogP contribution in [0.2, 0.25) is 10.0 Å². The SMILES string of the molecule is Cc1cc(C)c(N2CCN(c3c(C)cc(C)cc3C)C2=CP(c2cccc(Cl)c2Cl)C2C(c3ccccc3)=Cc3ccccc32)c(C)c1. The Morgan fingerprint density at radius 3 is 1.77 bits per heavy atom. The standard InChI is InChI=1S/C43H41Cl2N2P/c1-27-21-29(3)41(30(4)22-27)46-19-20-47(42-31(5)23-28(2)24-32(42)6)39(46)26-48(38-18-12-17-37(44)40(38)45)43-35-16-11-10-15-34(35)25-36(43)33-13-8-7-9-14-33/h7-18,21-26,43H,19-20H2,1-6H3. The monoisotopic (exact) mass is 686 g/mol. The van der Waals surface area contributed by atoms with Gasteiger partial charge in [0.05, 0.1) is 10.0 Å². The van der Waals surface area contributed by atoms with Crippen LogP contribution in [-0.2, 0) is 0 Å². The largest absolute Gasteiger partial charge is 0.325 e. The van der Waals surface area contributed by atoms with E-state index in [9.17, 15) is 0 Å². The van der Waals surface area contributed by atoms with Crippen molar-refractivity contribution in [2.75, 3.05) is 22.9 Å². The molecule has 48 heavy (non-hydrogen) atoms. The van der Waals surface area contributed by atoms with Crippen LogP contribution in [0.25, 0.3) is 11.6 Å². The van der Waals surface area contributed by atoms with Gasteiger partial charge in [-0.2, -0.15) is 0 Å². The van der Waals surface area contributed by atoms with Crippen molar-refractivity contribution in [3.05, 3.63) is 169 Å². The molecule has 0 N–H and O–H groups in total. The smallest absolute Gasteiger partial charge is 0.114 e. The van der Waals surface area contributed by atoms with Crippen LogP contribution in [-0.4, -0.2) is 13.1 Å². The van der Waals surface area contributed by atoms with Gasteiger partial charge < -0.3 is 9.80 Å². The minimum Gasteiger partial charge on any atom is -0.325 e. The van der Waals surface area contributed by atoms with E-state index in [-0.39, 0.29) is 5.66 Å². The normalized spacial score (nSPS) is 16.3. The van der Waals surface area contributed by atoms with E-state index in [1.165, 1.54) is 72.8 Å². The Labute approximate surface area is 297 Å². The maximum absolute atomic E-state index is 7.22. The summed E-state index contributed by atoms with van der Waals surface area (Å²) in [6.45, 7) is 15.1. The first-order chi connectivity index (χ1) is 23.1.